The Labute approximate surface area is 108 Å². The second-order valence-corrected chi connectivity index (χ2v) is 6.34. The zero-order chi connectivity index (χ0) is 12.8. The lowest BCUT2D eigenvalue weighted by Gasteiger charge is -2.40. The molecule has 1 rings (SSSR count). The van der Waals surface area contributed by atoms with Crippen molar-refractivity contribution in [3.05, 3.63) is 0 Å². The SMILES string of the molecule is CC(N)CCCC(C)CN1C(C)CCCC1C. The van der Waals surface area contributed by atoms with Crippen molar-refractivity contribution < 1.29 is 0 Å². The van der Waals surface area contributed by atoms with Crippen LogP contribution in [0.5, 0.6) is 0 Å². The molecular weight excluding hydrogens is 208 g/mol. The highest BCUT2D eigenvalue weighted by atomic mass is 15.2. The van der Waals surface area contributed by atoms with Crippen molar-refractivity contribution in [3.8, 4) is 0 Å². The third kappa shape index (κ3) is 5.39. The molecule has 17 heavy (non-hydrogen) atoms. The summed E-state index contributed by atoms with van der Waals surface area (Å²) in [6.07, 6.45) is 7.98. The van der Waals surface area contributed by atoms with E-state index in [2.05, 4.69) is 32.6 Å². The molecule has 0 aromatic rings. The predicted molar refractivity (Wildman–Crippen MR) is 76.1 cm³/mol. The van der Waals surface area contributed by atoms with Crippen LogP contribution >= 0.6 is 0 Å². The topological polar surface area (TPSA) is 29.3 Å². The van der Waals surface area contributed by atoms with Crippen molar-refractivity contribution in [3.63, 3.8) is 0 Å². The first-order valence-corrected chi connectivity index (χ1v) is 7.52. The lowest BCUT2D eigenvalue weighted by Crippen LogP contribution is -2.45. The number of nitrogens with zero attached hydrogens (tertiary/aromatic N) is 1. The van der Waals surface area contributed by atoms with Crippen LogP contribution in [0.25, 0.3) is 0 Å². The minimum absolute atomic E-state index is 0.370. The number of likely N-dealkylation sites (tertiary alicyclic amines) is 1. The van der Waals surface area contributed by atoms with Crippen LogP contribution in [0.1, 0.15) is 66.2 Å². The molecule has 0 amide bonds. The third-order valence-electron chi connectivity index (χ3n) is 4.25. The summed E-state index contributed by atoms with van der Waals surface area (Å²) in [6.45, 7) is 10.6. The first-order chi connectivity index (χ1) is 8.00. The van der Waals surface area contributed by atoms with E-state index in [0.717, 1.165) is 18.0 Å². The Hall–Kier alpha value is -0.0800. The van der Waals surface area contributed by atoms with Gasteiger partial charge in [-0.1, -0.05) is 19.8 Å². The molecular formula is C15H32N2. The zero-order valence-electron chi connectivity index (χ0n) is 12.3. The number of nitrogens with two attached hydrogens (primary N) is 1. The van der Waals surface area contributed by atoms with Gasteiger partial charge in [-0.3, -0.25) is 4.90 Å². The van der Waals surface area contributed by atoms with E-state index in [1.165, 1.54) is 45.1 Å². The maximum Gasteiger partial charge on any atom is 0.00698 e. The van der Waals surface area contributed by atoms with Gasteiger partial charge in [-0.25, -0.2) is 0 Å². The van der Waals surface area contributed by atoms with Gasteiger partial charge in [-0.15, -0.1) is 0 Å². The van der Waals surface area contributed by atoms with Gasteiger partial charge in [-0.2, -0.15) is 0 Å². The molecule has 0 bridgehead atoms. The van der Waals surface area contributed by atoms with E-state index in [9.17, 15) is 0 Å². The van der Waals surface area contributed by atoms with E-state index < -0.39 is 0 Å². The van der Waals surface area contributed by atoms with Gasteiger partial charge >= 0.3 is 0 Å². The van der Waals surface area contributed by atoms with E-state index in [-0.39, 0.29) is 0 Å². The molecule has 0 radical (unpaired) electrons. The first kappa shape index (κ1) is 15.0. The molecule has 1 fully saturated rings. The maximum atomic E-state index is 5.80. The Morgan fingerprint density at radius 2 is 1.71 bits per heavy atom. The summed E-state index contributed by atoms with van der Waals surface area (Å²) in [4.78, 5) is 2.72. The van der Waals surface area contributed by atoms with Gasteiger partial charge in [0.2, 0.25) is 0 Å². The summed E-state index contributed by atoms with van der Waals surface area (Å²) >= 11 is 0. The predicted octanol–water partition coefficient (Wildman–Crippen LogP) is 3.40. The maximum absolute atomic E-state index is 5.80. The van der Waals surface area contributed by atoms with Crippen molar-refractivity contribution >= 4 is 0 Å². The molecule has 4 unspecified atom stereocenters. The van der Waals surface area contributed by atoms with Crippen LogP contribution in [-0.4, -0.2) is 29.6 Å². The average molecular weight is 240 g/mol. The van der Waals surface area contributed by atoms with Crippen molar-refractivity contribution in [1.82, 2.24) is 4.90 Å². The van der Waals surface area contributed by atoms with Gasteiger partial charge in [-0.05, 0) is 52.4 Å². The van der Waals surface area contributed by atoms with E-state index >= 15 is 0 Å². The van der Waals surface area contributed by atoms with Gasteiger partial charge in [0.1, 0.15) is 0 Å². The minimum Gasteiger partial charge on any atom is -0.328 e. The molecule has 1 heterocycles. The number of piperidine rings is 1. The van der Waals surface area contributed by atoms with Crippen molar-refractivity contribution in [2.75, 3.05) is 6.54 Å². The fraction of sp³-hybridized carbons (Fsp3) is 1.00. The average Bonchev–Trinajstić information content (AvgIpc) is 2.23. The number of hydrogen-bond acceptors (Lipinski definition) is 2. The fourth-order valence-corrected chi connectivity index (χ4v) is 3.07. The lowest BCUT2D eigenvalue weighted by atomic mass is 9.94. The van der Waals surface area contributed by atoms with Gasteiger partial charge in [0.15, 0.2) is 0 Å². The Morgan fingerprint density at radius 3 is 2.24 bits per heavy atom. The zero-order valence-corrected chi connectivity index (χ0v) is 12.3. The molecule has 1 aliphatic rings. The van der Waals surface area contributed by atoms with Crippen LogP contribution in [0.15, 0.2) is 0 Å². The van der Waals surface area contributed by atoms with E-state index in [0.29, 0.717) is 6.04 Å². The minimum atomic E-state index is 0.370. The molecule has 2 heteroatoms. The van der Waals surface area contributed by atoms with Crippen LogP contribution in [0, 0.1) is 5.92 Å². The molecule has 0 saturated carbocycles. The Bertz CT molecular complexity index is 193. The lowest BCUT2D eigenvalue weighted by molar-refractivity contribution is 0.0848. The van der Waals surface area contributed by atoms with Gasteiger partial charge in [0, 0.05) is 24.7 Å². The molecule has 2 N–H and O–H groups in total. The Balaban J connectivity index is 2.26. The molecule has 0 aromatic heterocycles. The fourth-order valence-electron chi connectivity index (χ4n) is 3.07. The summed E-state index contributed by atoms with van der Waals surface area (Å²) in [6, 6.07) is 1.94. The molecule has 0 aliphatic carbocycles. The third-order valence-corrected chi connectivity index (χ3v) is 4.25. The van der Waals surface area contributed by atoms with Crippen molar-refractivity contribution in [1.29, 1.82) is 0 Å². The quantitative estimate of drug-likeness (QED) is 0.771. The van der Waals surface area contributed by atoms with Crippen LogP contribution < -0.4 is 5.73 Å². The summed E-state index contributed by atoms with van der Waals surface area (Å²) in [5.41, 5.74) is 5.80. The van der Waals surface area contributed by atoms with Crippen molar-refractivity contribution in [2.24, 2.45) is 11.7 Å². The highest BCUT2D eigenvalue weighted by Crippen LogP contribution is 2.24. The van der Waals surface area contributed by atoms with Crippen molar-refractivity contribution in [2.45, 2.75) is 84.3 Å². The van der Waals surface area contributed by atoms with Crippen LogP contribution in [0.2, 0.25) is 0 Å². The largest absolute Gasteiger partial charge is 0.328 e. The molecule has 2 nitrogen and oxygen atoms in total. The highest BCUT2D eigenvalue weighted by Gasteiger charge is 2.25. The molecule has 0 aromatic carbocycles. The highest BCUT2D eigenvalue weighted by molar-refractivity contribution is 4.80. The molecule has 4 atom stereocenters. The standard InChI is InChI=1S/C15H32N2/c1-12(7-5-8-13(2)16)11-17-14(3)9-6-10-15(17)4/h12-15H,5-11,16H2,1-4H3. The second-order valence-electron chi connectivity index (χ2n) is 6.34. The number of hydrogen-bond donors (Lipinski definition) is 1. The van der Waals surface area contributed by atoms with E-state index in [1.54, 1.807) is 0 Å². The van der Waals surface area contributed by atoms with Crippen LogP contribution in [0.4, 0.5) is 0 Å². The normalized spacial score (nSPS) is 30.2. The van der Waals surface area contributed by atoms with Crippen LogP contribution in [-0.2, 0) is 0 Å². The summed E-state index contributed by atoms with van der Waals surface area (Å²) in [7, 11) is 0. The smallest absolute Gasteiger partial charge is 0.00698 e. The second kappa shape index (κ2) is 7.38. The summed E-state index contributed by atoms with van der Waals surface area (Å²) < 4.78 is 0. The summed E-state index contributed by atoms with van der Waals surface area (Å²) in [5.74, 6) is 0.816. The molecule has 102 valence electrons. The molecule has 1 saturated heterocycles. The van der Waals surface area contributed by atoms with E-state index in [1.807, 2.05) is 0 Å². The Morgan fingerprint density at radius 1 is 1.12 bits per heavy atom. The van der Waals surface area contributed by atoms with Crippen LogP contribution in [0.3, 0.4) is 0 Å². The van der Waals surface area contributed by atoms with Gasteiger partial charge < -0.3 is 5.73 Å². The summed E-state index contributed by atoms with van der Waals surface area (Å²) in [5, 5.41) is 0. The Kier molecular flexibility index (Phi) is 6.50. The van der Waals surface area contributed by atoms with E-state index in [4.69, 9.17) is 5.73 Å². The van der Waals surface area contributed by atoms with Gasteiger partial charge in [0.05, 0.1) is 0 Å². The monoisotopic (exact) mass is 240 g/mol. The first-order valence-electron chi connectivity index (χ1n) is 7.52. The van der Waals surface area contributed by atoms with Gasteiger partial charge in [0.25, 0.3) is 0 Å². The number of rotatable bonds is 6. The molecule has 0 spiro atoms. The molecule has 1 aliphatic heterocycles.